The predicted molar refractivity (Wildman–Crippen MR) is 73.2 cm³/mol. The molecule has 0 atom stereocenters. The number of benzene rings is 1. The van der Waals surface area contributed by atoms with E-state index in [9.17, 15) is 4.79 Å². The van der Waals surface area contributed by atoms with Gasteiger partial charge in [0.05, 0.1) is 0 Å². The number of hydrogen-bond acceptors (Lipinski definition) is 3. The molecule has 5 nitrogen and oxygen atoms in total. The number of imidazole rings is 1. The highest BCUT2D eigenvalue weighted by molar-refractivity contribution is 5.77. The zero-order chi connectivity index (χ0) is 13.1. The van der Waals surface area contributed by atoms with Gasteiger partial charge in [0.25, 0.3) is 0 Å². The van der Waals surface area contributed by atoms with E-state index in [2.05, 4.69) is 22.0 Å². The number of carbonyl (C=O) groups excluding carboxylic acids is 1. The first kappa shape index (κ1) is 11.8. The average molecular weight is 256 g/mol. The summed E-state index contributed by atoms with van der Waals surface area (Å²) in [6, 6.07) is 10.3. The summed E-state index contributed by atoms with van der Waals surface area (Å²) in [5.74, 6) is 0. The topological polar surface area (TPSA) is 41.4 Å². The van der Waals surface area contributed by atoms with E-state index in [4.69, 9.17) is 0 Å². The molecule has 98 valence electrons. The number of rotatable bonds is 1. The number of hydrogen-bond donors (Lipinski definition) is 0. The molecule has 0 bridgehead atoms. The van der Waals surface area contributed by atoms with Crippen LogP contribution >= 0.6 is 0 Å². The second kappa shape index (κ2) is 5.14. The van der Waals surface area contributed by atoms with Gasteiger partial charge in [-0.05, 0) is 12.1 Å². The van der Waals surface area contributed by atoms with Crippen LogP contribution in [-0.2, 0) is 0 Å². The molecule has 0 aliphatic carbocycles. The Balaban J connectivity index is 1.62. The Kier molecular flexibility index (Phi) is 3.18. The molecule has 2 aromatic rings. The van der Waals surface area contributed by atoms with E-state index in [-0.39, 0.29) is 6.03 Å². The molecule has 1 fully saturated rings. The van der Waals surface area contributed by atoms with Crippen LogP contribution in [0.15, 0.2) is 49.1 Å². The van der Waals surface area contributed by atoms with Gasteiger partial charge in [-0.2, -0.15) is 0 Å². The summed E-state index contributed by atoms with van der Waals surface area (Å²) < 4.78 is 1.53. The zero-order valence-electron chi connectivity index (χ0n) is 10.6. The molecule has 1 aliphatic heterocycles. The van der Waals surface area contributed by atoms with Crippen LogP contribution < -0.4 is 4.90 Å². The van der Waals surface area contributed by atoms with E-state index in [0.29, 0.717) is 0 Å². The molecule has 1 aromatic carbocycles. The number of para-hydroxylation sites is 1. The van der Waals surface area contributed by atoms with Crippen molar-refractivity contribution in [3.05, 3.63) is 49.1 Å². The lowest BCUT2D eigenvalue weighted by Crippen LogP contribution is -2.49. The van der Waals surface area contributed by atoms with Crippen molar-refractivity contribution in [2.45, 2.75) is 0 Å². The van der Waals surface area contributed by atoms with Gasteiger partial charge in [-0.15, -0.1) is 0 Å². The summed E-state index contributed by atoms with van der Waals surface area (Å²) >= 11 is 0. The van der Waals surface area contributed by atoms with Crippen molar-refractivity contribution >= 4 is 11.7 Å². The minimum atomic E-state index is 0.00483. The summed E-state index contributed by atoms with van der Waals surface area (Å²) in [5, 5.41) is 0. The molecule has 0 spiro atoms. The Morgan fingerprint density at radius 3 is 2.42 bits per heavy atom. The van der Waals surface area contributed by atoms with Crippen LogP contribution in [0.1, 0.15) is 0 Å². The molecule has 5 heteroatoms. The van der Waals surface area contributed by atoms with Crippen molar-refractivity contribution in [1.29, 1.82) is 0 Å². The molecule has 1 saturated heterocycles. The summed E-state index contributed by atoms with van der Waals surface area (Å²) in [4.78, 5) is 20.2. The second-order valence-electron chi connectivity index (χ2n) is 4.56. The minimum absolute atomic E-state index is 0.00483. The lowest BCUT2D eigenvalue weighted by Gasteiger charge is -2.35. The molecule has 1 aromatic heterocycles. The van der Waals surface area contributed by atoms with Crippen molar-refractivity contribution in [2.24, 2.45) is 0 Å². The highest BCUT2D eigenvalue weighted by Crippen LogP contribution is 2.15. The number of anilines is 1. The molecule has 0 saturated carbocycles. The molecule has 0 unspecified atom stereocenters. The predicted octanol–water partition coefficient (Wildman–Crippen LogP) is 1.67. The molecule has 0 radical (unpaired) electrons. The first-order chi connectivity index (χ1) is 9.34. The third-order valence-electron chi connectivity index (χ3n) is 3.40. The van der Waals surface area contributed by atoms with E-state index in [1.54, 1.807) is 18.7 Å². The number of aromatic nitrogens is 2. The smallest absolute Gasteiger partial charge is 0.329 e. The maximum absolute atomic E-state index is 12.1. The maximum atomic E-state index is 12.1. The van der Waals surface area contributed by atoms with Gasteiger partial charge in [0.1, 0.15) is 6.33 Å². The second-order valence-corrected chi connectivity index (χ2v) is 4.56. The number of amides is 1. The summed E-state index contributed by atoms with van der Waals surface area (Å²) in [5.41, 5.74) is 1.22. The third kappa shape index (κ3) is 2.45. The normalized spacial score (nSPS) is 15.6. The fourth-order valence-corrected chi connectivity index (χ4v) is 2.33. The third-order valence-corrected chi connectivity index (χ3v) is 3.40. The van der Waals surface area contributed by atoms with Gasteiger partial charge >= 0.3 is 6.03 Å². The van der Waals surface area contributed by atoms with Crippen LogP contribution in [0.5, 0.6) is 0 Å². The van der Waals surface area contributed by atoms with Gasteiger partial charge in [0, 0.05) is 44.3 Å². The van der Waals surface area contributed by atoms with Crippen molar-refractivity contribution in [1.82, 2.24) is 14.5 Å². The number of carbonyl (C=O) groups is 1. The zero-order valence-corrected chi connectivity index (χ0v) is 10.6. The van der Waals surface area contributed by atoms with Crippen LogP contribution in [0.3, 0.4) is 0 Å². The minimum Gasteiger partial charge on any atom is -0.368 e. The fraction of sp³-hybridized carbons (Fsp3) is 0.286. The summed E-state index contributed by atoms with van der Waals surface area (Å²) in [7, 11) is 0. The Bertz CT molecular complexity index is 530. The lowest BCUT2D eigenvalue weighted by atomic mass is 10.2. The molecule has 1 aliphatic rings. The SMILES string of the molecule is O=C(N1CCN(c2ccccc2)CC1)n1ccnc1. The van der Waals surface area contributed by atoms with E-state index in [0.717, 1.165) is 26.2 Å². The van der Waals surface area contributed by atoms with Crippen LogP contribution in [0.4, 0.5) is 10.5 Å². The van der Waals surface area contributed by atoms with Gasteiger partial charge in [-0.1, -0.05) is 18.2 Å². The average Bonchev–Trinajstić information content (AvgIpc) is 3.02. The van der Waals surface area contributed by atoms with E-state index < -0.39 is 0 Å². The Morgan fingerprint density at radius 1 is 1.05 bits per heavy atom. The van der Waals surface area contributed by atoms with E-state index in [1.165, 1.54) is 10.3 Å². The molecule has 1 amide bonds. The van der Waals surface area contributed by atoms with Gasteiger partial charge in [0.2, 0.25) is 0 Å². The molecule has 0 N–H and O–H groups in total. The molecule has 3 rings (SSSR count). The summed E-state index contributed by atoms with van der Waals surface area (Å²) in [6.07, 6.45) is 4.86. The van der Waals surface area contributed by atoms with Crippen LogP contribution in [0, 0.1) is 0 Å². The monoisotopic (exact) mass is 256 g/mol. The van der Waals surface area contributed by atoms with Gasteiger partial charge in [0.15, 0.2) is 0 Å². The van der Waals surface area contributed by atoms with Crippen LogP contribution in [0.2, 0.25) is 0 Å². The number of nitrogens with zero attached hydrogens (tertiary/aromatic N) is 4. The number of piperazine rings is 1. The fourth-order valence-electron chi connectivity index (χ4n) is 2.33. The van der Waals surface area contributed by atoms with Crippen LogP contribution in [-0.4, -0.2) is 46.7 Å². The van der Waals surface area contributed by atoms with Crippen molar-refractivity contribution in [3.63, 3.8) is 0 Å². The molecular weight excluding hydrogens is 240 g/mol. The largest absolute Gasteiger partial charge is 0.368 e. The first-order valence-corrected chi connectivity index (χ1v) is 6.42. The van der Waals surface area contributed by atoms with Gasteiger partial charge in [-0.25, -0.2) is 9.78 Å². The Labute approximate surface area is 112 Å². The molecule has 2 heterocycles. The van der Waals surface area contributed by atoms with Crippen molar-refractivity contribution < 1.29 is 4.79 Å². The van der Waals surface area contributed by atoms with E-state index >= 15 is 0 Å². The van der Waals surface area contributed by atoms with Crippen LogP contribution in [0.25, 0.3) is 0 Å². The molecular formula is C14H16N4O. The maximum Gasteiger partial charge on any atom is 0.329 e. The first-order valence-electron chi connectivity index (χ1n) is 6.42. The lowest BCUT2D eigenvalue weighted by molar-refractivity contribution is 0.196. The highest BCUT2D eigenvalue weighted by Gasteiger charge is 2.21. The summed E-state index contributed by atoms with van der Waals surface area (Å²) in [6.45, 7) is 3.21. The van der Waals surface area contributed by atoms with Gasteiger partial charge in [-0.3, -0.25) is 4.57 Å². The van der Waals surface area contributed by atoms with E-state index in [1.807, 2.05) is 23.1 Å². The van der Waals surface area contributed by atoms with Crippen molar-refractivity contribution in [3.8, 4) is 0 Å². The Hall–Kier alpha value is -2.30. The Morgan fingerprint density at radius 2 is 1.79 bits per heavy atom. The quantitative estimate of drug-likeness (QED) is 0.779. The van der Waals surface area contributed by atoms with Crippen molar-refractivity contribution in [2.75, 3.05) is 31.1 Å². The highest BCUT2D eigenvalue weighted by atomic mass is 16.2. The van der Waals surface area contributed by atoms with Gasteiger partial charge < -0.3 is 9.80 Å². The molecule has 19 heavy (non-hydrogen) atoms. The standard InChI is InChI=1S/C14H16N4O/c19-14(18-7-6-15-12-18)17-10-8-16(9-11-17)13-4-2-1-3-5-13/h1-7,12H,8-11H2.